The summed E-state index contributed by atoms with van der Waals surface area (Å²) in [6.45, 7) is 4.01. The van der Waals surface area contributed by atoms with Crippen LogP contribution < -0.4 is 5.32 Å². The van der Waals surface area contributed by atoms with Crippen molar-refractivity contribution in [2.24, 2.45) is 11.8 Å². The molecule has 0 radical (unpaired) electrons. The quantitative estimate of drug-likeness (QED) is 0.502. The van der Waals surface area contributed by atoms with Gasteiger partial charge in [0.05, 0.1) is 6.54 Å². The van der Waals surface area contributed by atoms with Crippen LogP contribution in [-0.4, -0.2) is 23.4 Å². The predicted molar refractivity (Wildman–Crippen MR) is 46.7 cm³/mol. The minimum absolute atomic E-state index is 0.0724. The molecule has 1 fully saturated rings. The summed E-state index contributed by atoms with van der Waals surface area (Å²) in [6.07, 6.45) is 0.281. The van der Waals surface area contributed by atoms with E-state index in [4.69, 9.17) is 0 Å². The first kappa shape index (κ1) is 9.95. The highest BCUT2D eigenvalue weighted by atomic mass is 16.6. The Morgan fingerprint density at radius 3 is 2.69 bits per heavy atom. The number of carbonyl (C=O) groups excluding carboxylic acids is 1. The number of carbonyl (C=O) groups is 1. The molecule has 0 saturated carbocycles. The summed E-state index contributed by atoms with van der Waals surface area (Å²) in [4.78, 5) is 21.4. The van der Waals surface area contributed by atoms with Crippen molar-refractivity contribution >= 4 is 5.91 Å². The number of amides is 1. The Morgan fingerprint density at radius 2 is 2.23 bits per heavy atom. The molecule has 5 nitrogen and oxygen atoms in total. The zero-order valence-electron chi connectivity index (χ0n) is 7.82. The molecule has 5 heteroatoms. The van der Waals surface area contributed by atoms with Crippen molar-refractivity contribution in [3.8, 4) is 0 Å². The Labute approximate surface area is 76.7 Å². The Balaban J connectivity index is 2.71. The van der Waals surface area contributed by atoms with Crippen LogP contribution in [0.4, 0.5) is 0 Å². The van der Waals surface area contributed by atoms with Gasteiger partial charge in [0.2, 0.25) is 11.9 Å². The molecule has 0 unspecified atom stereocenters. The number of hydrogen-bond acceptors (Lipinski definition) is 3. The summed E-state index contributed by atoms with van der Waals surface area (Å²) in [6, 6.07) is -0.613. The number of hydrogen-bond donors (Lipinski definition) is 1. The molecular formula is C8H14N2O3. The Morgan fingerprint density at radius 1 is 1.62 bits per heavy atom. The number of nitro groups is 1. The highest BCUT2D eigenvalue weighted by molar-refractivity contribution is 5.77. The normalized spacial score (nSPS) is 28.7. The second-order valence-corrected chi connectivity index (χ2v) is 3.77. The van der Waals surface area contributed by atoms with Crippen molar-refractivity contribution in [2.45, 2.75) is 26.3 Å². The molecule has 0 aromatic heterocycles. The monoisotopic (exact) mass is 186 g/mol. The second kappa shape index (κ2) is 3.72. The van der Waals surface area contributed by atoms with Gasteiger partial charge in [0, 0.05) is 17.3 Å². The average Bonchev–Trinajstić information content (AvgIpc) is 2.03. The molecule has 1 aliphatic heterocycles. The van der Waals surface area contributed by atoms with Crippen molar-refractivity contribution < 1.29 is 9.72 Å². The van der Waals surface area contributed by atoms with Crippen LogP contribution >= 0.6 is 0 Å². The van der Waals surface area contributed by atoms with Gasteiger partial charge in [-0.2, -0.15) is 0 Å². The summed E-state index contributed by atoms with van der Waals surface area (Å²) in [7, 11) is 0. The van der Waals surface area contributed by atoms with Gasteiger partial charge < -0.3 is 5.32 Å². The van der Waals surface area contributed by atoms with Gasteiger partial charge in [-0.15, -0.1) is 0 Å². The summed E-state index contributed by atoms with van der Waals surface area (Å²) in [5, 5.41) is 13.1. The van der Waals surface area contributed by atoms with Gasteiger partial charge in [-0.25, -0.2) is 0 Å². The number of rotatable bonds is 2. The van der Waals surface area contributed by atoms with Gasteiger partial charge >= 0.3 is 0 Å². The van der Waals surface area contributed by atoms with E-state index in [1.807, 2.05) is 13.8 Å². The first-order valence-electron chi connectivity index (χ1n) is 4.42. The maximum absolute atomic E-state index is 11.0. The van der Waals surface area contributed by atoms with E-state index < -0.39 is 6.04 Å². The van der Waals surface area contributed by atoms with E-state index in [-0.39, 0.29) is 35.6 Å². The van der Waals surface area contributed by atoms with Gasteiger partial charge in [-0.3, -0.25) is 14.9 Å². The van der Waals surface area contributed by atoms with E-state index >= 15 is 0 Å². The topological polar surface area (TPSA) is 72.2 Å². The fraction of sp³-hybridized carbons (Fsp3) is 0.875. The molecule has 1 N–H and O–H groups in total. The van der Waals surface area contributed by atoms with E-state index in [0.717, 1.165) is 0 Å². The van der Waals surface area contributed by atoms with Crippen LogP contribution in [0, 0.1) is 22.0 Å². The molecule has 0 aliphatic carbocycles. The van der Waals surface area contributed by atoms with Crippen LogP contribution in [0.25, 0.3) is 0 Å². The smallest absolute Gasteiger partial charge is 0.233 e. The number of nitrogens with one attached hydrogen (secondary N) is 1. The van der Waals surface area contributed by atoms with Gasteiger partial charge in [-0.1, -0.05) is 13.8 Å². The van der Waals surface area contributed by atoms with Crippen LogP contribution in [0.15, 0.2) is 0 Å². The maximum Gasteiger partial charge on any atom is 0.233 e. The van der Waals surface area contributed by atoms with Crippen LogP contribution in [-0.2, 0) is 4.79 Å². The van der Waals surface area contributed by atoms with E-state index in [2.05, 4.69) is 5.32 Å². The third kappa shape index (κ3) is 2.17. The molecule has 0 spiro atoms. The second-order valence-electron chi connectivity index (χ2n) is 3.77. The summed E-state index contributed by atoms with van der Waals surface area (Å²) < 4.78 is 0. The van der Waals surface area contributed by atoms with Gasteiger partial charge in [0.1, 0.15) is 0 Å². The SMILES string of the molecule is CC(C)[C@@H]1CC(=O)NC[C@@H]1[N+](=O)[O-]. The maximum atomic E-state index is 11.0. The molecule has 1 rings (SSSR count). The van der Waals surface area contributed by atoms with Crippen molar-refractivity contribution in [3.05, 3.63) is 10.1 Å². The largest absolute Gasteiger partial charge is 0.349 e. The predicted octanol–water partition coefficient (Wildman–Crippen LogP) is 0.424. The first-order chi connectivity index (χ1) is 6.02. The third-order valence-corrected chi connectivity index (χ3v) is 2.55. The summed E-state index contributed by atoms with van der Waals surface area (Å²) >= 11 is 0. The van der Waals surface area contributed by atoms with E-state index in [1.54, 1.807) is 0 Å². The Hall–Kier alpha value is -1.13. The molecular weight excluding hydrogens is 172 g/mol. The highest BCUT2D eigenvalue weighted by Gasteiger charge is 2.38. The molecule has 1 heterocycles. The van der Waals surface area contributed by atoms with Crippen LogP contribution in [0.2, 0.25) is 0 Å². The molecule has 0 aromatic rings. The molecule has 0 bridgehead atoms. The fourth-order valence-corrected chi connectivity index (χ4v) is 1.70. The minimum Gasteiger partial charge on any atom is -0.349 e. The van der Waals surface area contributed by atoms with E-state index in [9.17, 15) is 14.9 Å². The van der Waals surface area contributed by atoms with E-state index in [1.165, 1.54) is 0 Å². The fourth-order valence-electron chi connectivity index (χ4n) is 1.70. The van der Waals surface area contributed by atoms with Crippen molar-refractivity contribution in [1.29, 1.82) is 0 Å². The Kier molecular flexibility index (Phi) is 2.85. The molecule has 74 valence electrons. The van der Waals surface area contributed by atoms with Crippen molar-refractivity contribution in [1.82, 2.24) is 5.32 Å². The van der Waals surface area contributed by atoms with Crippen LogP contribution in [0.5, 0.6) is 0 Å². The lowest BCUT2D eigenvalue weighted by atomic mass is 9.83. The minimum atomic E-state index is -0.613. The first-order valence-corrected chi connectivity index (χ1v) is 4.42. The molecule has 0 aromatic carbocycles. The molecule has 1 aliphatic rings. The summed E-state index contributed by atoms with van der Waals surface area (Å²) in [5.41, 5.74) is 0. The number of piperidine rings is 1. The van der Waals surface area contributed by atoms with Crippen LogP contribution in [0.1, 0.15) is 20.3 Å². The lowest BCUT2D eigenvalue weighted by Crippen LogP contribution is -2.49. The molecule has 2 atom stereocenters. The zero-order chi connectivity index (χ0) is 10.0. The summed E-state index contributed by atoms with van der Waals surface area (Å²) in [5.74, 6) is -0.0120. The van der Waals surface area contributed by atoms with Crippen molar-refractivity contribution in [2.75, 3.05) is 6.54 Å². The Bertz CT molecular complexity index is 227. The van der Waals surface area contributed by atoms with Crippen molar-refractivity contribution in [3.63, 3.8) is 0 Å². The highest BCUT2D eigenvalue weighted by Crippen LogP contribution is 2.23. The van der Waals surface area contributed by atoms with Gasteiger partial charge in [-0.05, 0) is 5.92 Å². The van der Waals surface area contributed by atoms with Gasteiger partial charge in [0.15, 0.2) is 0 Å². The van der Waals surface area contributed by atoms with Crippen LogP contribution in [0.3, 0.4) is 0 Å². The molecule has 13 heavy (non-hydrogen) atoms. The lowest BCUT2D eigenvalue weighted by Gasteiger charge is -2.28. The average molecular weight is 186 g/mol. The van der Waals surface area contributed by atoms with Gasteiger partial charge in [0.25, 0.3) is 0 Å². The van der Waals surface area contributed by atoms with E-state index in [0.29, 0.717) is 0 Å². The molecule has 1 saturated heterocycles. The zero-order valence-corrected chi connectivity index (χ0v) is 7.82. The lowest BCUT2D eigenvalue weighted by molar-refractivity contribution is -0.532. The standard InChI is InChI=1S/C8H14N2O3/c1-5(2)6-3-8(11)9-4-7(6)10(12)13/h5-7H,3-4H2,1-2H3,(H,9,11)/t6-,7-/m0/s1. The number of nitrogens with zero attached hydrogens (tertiary/aromatic N) is 1. The molecule has 1 amide bonds. The third-order valence-electron chi connectivity index (χ3n) is 2.55.